The second kappa shape index (κ2) is 20.5. The molecule has 2 amide bonds. The topological polar surface area (TPSA) is 202 Å². The minimum atomic E-state index is -4.43. The van der Waals surface area contributed by atoms with Gasteiger partial charge >= 0.3 is 0 Å². The van der Waals surface area contributed by atoms with E-state index in [4.69, 9.17) is 5.84 Å². The first-order chi connectivity index (χ1) is 28.4. The van der Waals surface area contributed by atoms with Gasteiger partial charge in [-0.3, -0.25) is 24.1 Å². The third-order valence-corrected chi connectivity index (χ3v) is 13.8. The number of allylic oxidation sites excluding steroid dienone is 4. The van der Waals surface area contributed by atoms with Crippen LogP contribution in [0.25, 0.3) is 0 Å². The maximum Gasteiger partial charge on any atom is 0.294 e. The summed E-state index contributed by atoms with van der Waals surface area (Å²) in [4.78, 5) is 28.1. The average molecular weight is 888 g/mol. The van der Waals surface area contributed by atoms with Gasteiger partial charge in [0.05, 0.1) is 42.4 Å². The van der Waals surface area contributed by atoms with Crippen LogP contribution in [0, 0.1) is 0 Å². The van der Waals surface area contributed by atoms with E-state index < -0.39 is 31.1 Å². The third-order valence-electron chi connectivity index (χ3n) is 12.1. The van der Waals surface area contributed by atoms with Gasteiger partial charge in [0.2, 0.25) is 17.5 Å². The number of benzene rings is 2. The van der Waals surface area contributed by atoms with Crippen molar-refractivity contribution in [2.75, 3.05) is 71.9 Å². The molecule has 0 atom stereocenters. The predicted octanol–water partition coefficient (Wildman–Crippen LogP) is 5.05. The van der Waals surface area contributed by atoms with Crippen molar-refractivity contribution in [3.63, 3.8) is 0 Å². The zero-order chi connectivity index (χ0) is 45.4. The molecule has 0 aliphatic carbocycles. The SMILES string of the molecule is CCN1/C(=C\C=C\C2=[N+](CCCCCC(=O)NCCC[N+](C)(C)CCCN(C)CCCC(=O)NN)c3ccc(S(=O)(=O)O)cc3C2(C)C)C(C)(C)c2cc(S(=O)(=O)O)ccc21. The summed E-state index contributed by atoms with van der Waals surface area (Å²) < 4.78 is 71.0. The van der Waals surface area contributed by atoms with Gasteiger partial charge in [0.25, 0.3) is 20.2 Å². The molecule has 6 N–H and O–H groups in total. The normalized spacial score (nSPS) is 16.8. The van der Waals surface area contributed by atoms with Crippen LogP contribution in [0.3, 0.4) is 0 Å². The average Bonchev–Trinajstić information content (AvgIpc) is 3.52. The van der Waals surface area contributed by atoms with Crippen molar-refractivity contribution in [2.24, 2.45) is 5.84 Å². The van der Waals surface area contributed by atoms with Gasteiger partial charge in [0.15, 0.2) is 5.71 Å². The molecule has 2 aliphatic heterocycles. The summed E-state index contributed by atoms with van der Waals surface area (Å²) in [7, 11) is -2.33. The van der Waals surface area contributed by atoms with Crippen LogP contribution >= 0.6 is 0 Å². The Morgan fingerprint density at radius 3 is 2.08 bits per heavy atom. The number of hydrazine groups is 1. The number of nitrogens with one attached hydrogen (secondary N) is 2. The molecule has 0 spiro atoms. The molecule has 0 bridgehead atoms. The minimum Gasteiger partial charge on any atom is -0.356 e. The highest BCUT2D eigenvalue weighted by Crippen LogP contribution is 2.48. The van der Waals surface area contributed by atoms with Crippen molar-refractivity contribution in [3.8, 4) is 0 Å². The summed E-state index contributed by atoms with van der Waals surface area (Å²) in [6.45, 7) is 15.7. The first-order valence-electron chi connectivity index (χ1n) is 21.3. The Balaban J connectivity index is 1.36. The van der Waals surface area contributed by atoms with Crippen LogP contribution in [0.2, 0.25) is 0 Å². The molecule has 15 nitrogen and oxygen atoms in total. The lowest BCUT2D eigenvalue weighted by Gasteiger charge is -2.30. The lowest BCUT2D eigenvalue weighted by atomic mass is 9.81. The number of hydrogen-bond donors (Lipinski definition) is 5. The molecule has 0 radical (unpaired) electrons. The smallest absolute Gasteiger partial charge is 0.294 e. The lowest BCUT2D eigenvalue weighted by molar-refractivity contribution is -0.890. The summed E-state index contributed by atoms with van der Waals surface area (Å²) in [5, 5.41) is 3.08. The van der Waals surface area contributed by atoms with Gasteiger partial charge < -0.3 is 19.6 Å². The number of anilines is 1. The zero-order valence-corrected chi connectivity index (χ0v) is 39.0. The van der Waals surface area contributed by atoms with E-state index in [1.165, 1.54) is 18.2 Å². The number of carbonyl (C=O) groups is 2. The van der Waals surface area contributed by atoms with Crippen molar-refractivity contribution in [1.82, 2.24) is 15.6 Å². The van der Waals surface area contributed by atoms with E-state index in [0.717, 1.165) is 103 Å². The Hall–Kier alpha value is -3.97. The van der Waals surface area contributed by atoms with E-state index in [-0.39, 0.29) is 21.6 Å². The van der Waals surface area contributed by atoms with Crippen LogP contribution in [0.5, 0.6) is 0 Å². The van der Waals surface area contributed by atoms with Gasteiger partial charge in [-0.2, -0.15) is 21.4 Å². The molecule has 61 heavy (non-hydrogen) atoms. The van der Waals surface area contributed by atoms with Gasteiger partial charge in [-0.15, -0.1) is 0 Å². The molecule has 0 saturated heterocycles. The van der Waals surface area contributed by atoms with Crippen LogP contribution < -0.4 is 21.5 Å². The number of hydrogen-bond acceptors (Lipinski definition) is 9. The monoisotopic (exact) mass is 887 g/mol. The van der Waals surface area contributed by atoms with Gasteiger partial charge in [-0.25, -0.2) is 5.84 Å². The van der Waals surface area contributed by atoms with Crippen molar-refractivity contribution in [3.05, 3.63) is 71.5 Å². The highest BCUT2D eigenvalue weighted by molar-refractivity contribution is 7.86. The fraction of sp³-hybridized carbons (Fsp3) is 0.568. The van der Waals surface area contributed by atoms with Crippen LogP contribution in [0.1, 0.15) is 97.1 Å². The molecule has 17 heteroatoms. The predicted molar refractivity (Wildman–Crippen MR) is 240 cm³/mol. The van der Waals surface area contributed by atoms with E-state index in [1.807, 2.05) is 52.8 Å². The molecule has 0 saturated carbocycles. The molecule has 4 rings (SSSR count). The quantitative estimate of drug-likeness (QED) is 0.0190. The van der Waals surface area contributed by atoms with E-state index in [9.17, 15) is 35.5 Å². The summed E-state index contributed by atoms with van der Waals surface area (Å²) in [6, 6.07) is 9.37. The number of nitrogens with two attached hydrogens (primary N) is 1. The van der Waals surface area contributed by atoms with Crippen LogP contribution in [-0.4, -0.2) is 124 Å². The Morgan fingerprint density at radius 1 is 0.836 bits per heavy atom. The number of carbonyl (C=O) groups excluding carboxylic acids is 2. The molecule has 0 unspecified atom stereocenters. The molecule has 2 aromatic carbocycles. The number of rotatable bonds is 23. The van der Waals surface area contributed by atoms with E-state index in [0.29, 0.717) is 32.5 Å². The summed E-state index contributed by atoms with van der Waals surface area (Å²) >= 11 is 0. The summed E-state index contributed by atoms with van der Waals surface area (Å²) in [6.07, 6.45) is 11.9. The van der Waals surface area contributed by atoms with Crippen molar-refractivity contribution >= 4 is 49.1 Å². The van der Waals surface area contributed by atoms with E-state index in [1.54, 1.807) is 18.2 Å². The summed E-state index contributed by atoms with van der Waals surface area (Å²) in [5.41, 5.74) is 6.14. The number of amides is 2. The number of nitrogens with zero attached hydrogens (tertiary/aromatic N) is 4. The first kappa shape index (κ1) is 49.7. The number of quaternary nitrogens is 1. The minimum absolute atomic E-state index is 0.0381. The fourth-order valence-corrected chi connectivity index (χ4v) is 9.59. The Bertz CT molecular complexity index is 2230. The van der Waals surface area contributed by atoms with Crippen molar-refractivity contribution < 1.29 is 44.6 Å². The lowest BCUT2D eigenvalue weighted by Crippen LogP contribution is -2.43. The standard InChI is InChI=1S/C44H67N7O8S2/c1-9-49-37-23-21-33(60(54,55)56)31-35(37)43(2,3)39(49)17-13-18-40-44(4,5)36-32-34(61(57,58)59)22-24-38(36)50(40)28-12-10-11-19-41(52)46-25-15-29-51(7,8)30-16-27-48(6)26-14-20-42(53)47-45/h13,17-18,21-24,31-32H,9-12,14-16,19-20,25-30,45H2,1-8H3,(H2-2,46,47,52,53,54,55,56,57,58,59)/p+2. The molecule has 0 aromatic heterocycles. The maximum atomic E-state index is 12.8. The molecule has 2 aromatic rings. The molecular weight excluding hydrogens is 819 g/mol. The maximum absolute atomic E-state index is 12.8. The zero-order valence-electron chi connectivity index (χ0n) is 37.3. The Morgan fingerprint density at radius 2 is 1.44 bits per heavy atom. The molecule has 0 fully saturated rings. The molecule has 2 aliphatic rings. The number of fused-ring (bicyclic) bond motifs is 2. The number of likely N-dealkylation sites (N-methyl/N-ethyl adjacent to an activating group) is 1. The highest BCUT2D eigenvalue weighted by Gasteiger charge is 2.45. The van der Waals surface area contributed by atoms with Gasteiger partial charge in [-0.05, 0) is 95.6 Å². The largest absolute Gasteiger partial charge is 0.356 e. The molecule has 338 valence electrons. The van der Waals surface area contributed by atoms with Gasteiger partial charge in [-0.1, -0.05) is 19.9 Å². The van der Waals surface area contributed by atoms with E-state index >= 15 is 0 Å². The van der Waals surface area contributed by atoms with Gasteiger partial charge in [0.1, 0.15) is 6.54 Å². The first-order valence-corrected chi connectivity index (χ1v) is 24.1. The number of unbranched alkanes of at least 4 members (excludes halogenated alkanes) is 2. The van der Waals surface area contributed by atoms with Crippen molar-refractivity contribution in [1.29, 1.82) is 0 Å². The summed E-state index contributed by atoms with van der Waals surface area (Å²) in [5.74, 6) is 5.04. The second-order valence-electron chi connectivity index (χ2n) is 18.0. The highest BCUT2D eigenvalue weighted by atomic mass is 32.2. The van der Waals surface area contributed by atoms with Crippen LogP contribution in [0.4, 0.5) is 11.4 Å². The fourth-order valence-electron chi connectivity index (χ4n) is 8.57. The van der Waals surface area contributed by atoms with Crippen molar-refractivity contribution in [2.45, 2.75) is 107 Å². The second-order valence-corrected chi connectivity index (χ2v) is 20.8. The Labute approximate surface area is 363 Å². The van der Waals surface area contributed by atoms with Crippen LogP contribution in [0.15, 0.2) is 70.1 Å². The molecule has 2 heterocycles. The molecular formula is C44H69N7O8S2+2. The Kier molecular flexibility index (Phi) is 16.7. The third kappa shape index (κ3) is 12.8. The van der Waals surface area contributed by atoms with Crippen LogP contribution in [-0.2, 0) is 40.7 Å². The van der Waals surface area contributed by atoms with Gasteiger partial charge in [0, 0.05) is 86.2 Å². The van der Waals surface area contributed by atoms with E-state index in [2.05, 4.69) is 46.3 Å².